The highest BCUT2D eigenvalue weighted by atomic mass is 79.9. The molecule has 1 fully saturated rings. The molecule has 1 saturated heterocycles. The number of hydrogen-bond acceptors (Lipinski definition) is 2. The van der Waals surface area contributed by atoms with E-state index in [1.165, 1.54) is 5.56 Å². The number of rotatable bonds is 4. The van der Waals surface area contributed by atoms with Crippen molar-refractivity contribution in [3.63, 3.8) is 0 Å². The van der Waals surface area contributed by atoms with E-state index in [2.05, 4.69) is 35.0 Å². The molecule has 0 aromatic heterocycles. The summed E-state index contributed by atoms with van der Waals surface area (Å²) in [6, 6.07) is 18.1. The van der Waals surface area contributed by atoms with Crippen molar-refractivity contribution in [3.05, 3.63) is 60.2 Å². The standard InChI is InChI=1S/C18H19BrO2/c1-13-11-15(12-20-13)18(19)14-7-9-17(10-8-14)21-16-5-3-2-4-6-16/h2-10,13,15,18H,11-12H2,1H3. The molecule has 0 bridgehead atoms. The van der Waals surface area contributed by atoms with Crippen molar-refractivity contribution in [2.24, 2.45) is 5.92 Å². The number of ether oxygens (including phenoxy) is 2. The van der Waals surface area contributed by atoms with E-state index in [9.17, 15) is 0 Å². The summed E-state index contributed by atoms with van der Waals surface area (Å²) in [5.74, 6) is 2.26. The van der Waals surface area contributed by atoms with Crippen LogP contribution in [0.2, 0.25) is 0 Å². The maximum Gasteiger partial charge on any atom is 0.127 e. The van der Waals surface area contributed by atoms with Crippen molar-refractivity contribution >= 4 is 15.9 Å². The third kappa shape index (κ3) is 3.66. The van der Waals surface area contributed by atoms with Gasteiger partial charge in [0, 0.05) is 10.7 Å². The van der Waals surface area contributed by atoms with Crippen LogP contribution in [0.15, 0.2) is 54.6 Å². The molecule has 1 aliphatic heterocycles. The largest absolute Gasteiger partial charge is 0.457 e. The van der Waals surface area contributed by atoms with Gasteiger partial charge in [0.1, 0.15) is 11.5 Å². The van der Waals surface area contributed by atoms with Crippen molar-refractivity contribution in [1.29, 1.82) is 0 Å². The Kier molecular flexibility index (Phi) is 4.61. The van der Waals surface area contributed by atoms with Gasteiger partial charge in [-0.3, -0.25) is 0 Å². The Bertz CT molecular complexity index is 568. The quantitative estimate of drug-likeness (QED) is 0.695. The lowest BCUT2D eigenvalue weighted by atomic mass is 9.97. The van der Waals surface area contributed by atoms with E-state index in [1.807, 2.05) is 42.5 Å². The summed E-state index contributed by atoms with van der Waals surface area (Å²) in [4.78, 5) is 0.341. The normalized spacial score (nSPS) is 23.0. The Hall–Kier alpha value is -1.32. The number of halogens is 1. The third-order valence-electron chi connectivity index (χ3n) is 3.82. The summed E-state index contributed by atoms with van der Waals surface area (Å²) < 4.78 is 11.5. The fourth-order valence-corrected chi connectivity index (χ4v) is 3.34. The van der Waals surface area contributed by atoms with Crippen LogP contribution >= 0.6 is 15.9 Å². The van der Waals surface area contributed by atoms with E-state index in [1.54, 1.807) is 0 Å². The van der Waals surface area contributed by atoms with Gasteiger partial charge >= 0.3 is 0 Å². The molecule has 1 heterocycles. The fourth-order valence-electron chi connectivity index (χ4n) is 2.67. The van der Waals surface area contributed by atoms with Gasteiger partial charge in [0.25, 0.3) is 0 Å². The molecule has 1 aliphatic rings. The second-order valence-electron chi connectivity index (χ2n) is 5.53. The lowest BCUT2D eigenvalue weighted by molar-refractivity contribution is 0.120. The van der Waals surface area contributed by atoms with Gasteiger partial charge in [-0.2, -0.15) is 0 Å². The minimum absolute atomic E-state index is 0.341. The van der Waals surface area contributed by atoms with E-state index >= 15 is 0 Å². The van der Waals surface area contributed by atoms with Gasteiger partial charge in [0.05, 0.1) is 12.7 Å². The van der Waals surface area contributed by atoms with Crippen LogP contribution in [-0.2, 0) is 4.74 Å². The summed E-state index contributed by atoms with van der Waals surface area (Å²) in [7, 11) is 0. The molecule has 0 N–H and O–H groups in total. The first-order valence-electron chi connectivity index (χ1n) is 7.31. The van der Waals surface area contributed by atoms with Crippen LogP contribution in [0.25, 0.3) is 0 Å². The van der Waals surface area contributed by atoms with Gasteiger partial charge in [-0.05, 0) is 43.2 Å². The first-order valence-corrected chi connectivity index (χ1v) is 8.22. The molecule has 0 spiro atoms. The summed E-state index contributed by atoms with van der Waals surface area (Å²) in [5, 5.41) is 0. The molecule has 0 radical (unpaired) electrons. The van der Waals surface area contributed by atoms with Gasteiger partial charge in [-0.15, -0.1) is 0 Å². The molecule has 2 aromatic carbocycles. The minimum Gasteiger partial charge on any atom is -0.457 e. The van der Waals surface area contributed by atoms with E-state index < -0.39 is 0 Å². The zero-order valence-corrected chi connectivity index (χ0v) is 13.6. The molecule has 2 nitrogen and oxygen atoms in total. The average Bonchev–Trinajstić information content (AvgIpc) is 2.95. The van der Waals surface area contributed by atoms with Crippen molar-refractivity contribution < 1.29 is 9.47 Å². The Labute approximate surface area is 134 Å². The van der Waals surface area contributed by atoms with E-state index in [0.717, 1.165) is 24.5 Å². The Morgan fingerprint density at radius 3 is 2.33 bits per heavy atom. The summed E-state index contributed by atoms with van der Waals surface area (Å²) in [5.41, 5.74) is 1.28. The highest BCUT2D eigenvalue weighted by Crippen LogP contribution is 2.38. The number of benzene rings is 2. The van der Waals surface area contributed by atoms with E-state index in [4.69, 9.17) is 9.47 Å². The van der Waals surface area contributed by atoms with Gasteiger partial charge in [-0.25, -0.2) is 0 Å². The summed E-state index contributed by atoms with van der Waals surface area (Å²) in [6.07, 6.45) is 1.48. The molecule has 0 aliphatic carbocycles. The van der Waals surface area contributed by atoms with Gasteiger partial charge in [0.2, 0.25) is 0 Å². The van der Waals surface area contributed by atoms with Crippen LogP contribution in [0.3, 0.4) is 0 Å². The second-order valence-corrected chi connectivity index (χ2v) is 6.51. The Balaban J connectivity index is 1.66. The molecule has 2 aromatic rings. The topological polar surface area (TPSA) is 18.5 Å². The van der Waals surface area contributed by atoms with Gasteiger partial charge in [-0.1, -0.05) is 46.3 Å². The van der Waals surface area contributed by atoms with Crippen molar-refractivity contribution in [1.82, 2.24) is 0 Å². The predicted octanol–water partition coefficient (Wildman–Crippen LogP) is 5.34. The smallest absolute Gasteiger partial charge is 0.127 e. The molecular formula is C18H19BrO2. The molecule has 0 amide bonds. The lowest BCUT2D eigenvalue weighted by Crippen LogP contribution is -2.07. The van der Waals surface area contributed by atoms with E-state index in [-0.39, 0.29) is 0 Å². The van der Waals surface area contributed by atoms with Crippen LogP contribution in [0.1, 0.15) is 23.7 Å². The predicted molar refractivity (Wildman–Crippen MR) is 88.1 cm³/mol. The van der Waals surface area contributed by atoms with Crippen LogP contribution in [0.4, 0.5) is 0 Å². The Morgan fingerprint density at radius 2 is 1.71 bits per heavy atom. The number of alkyl halides is 1. The zero-order valence-electron chi connectivity index (χ0n) is 12.0. The first kappa shape index (κ1) is 14.6. The molecule has 3 unspecified atom stereocenters. The van der Waals surface area contributed by atoms with Gasteiger partial charge in [0.15, 0.2) is 0 Å². The number of para-hydroxylation sites is 1. The molecule has 3 rings (SSSR count). The number of hydrogen-bond donors (Lipinski definition) is 0. The summed E-state index contributed by atoms with van der Waals surface area (Å²) in [6.45, 7) is 2.97. The van der Waals surface area contributed by atoms with E-state index in [0.29, 0.717) is 16.8 Å². The van der Waals surface area contributed by atoms with Crippen molar-refractivity contribution in [2.75, 3.05) is 6.61 Å². The second kappa shape index (κ2) is 6.63. The van der Waals surface area contributed by atoms with Crippen molar-refractivity contribution in [2.45, 2.75) is 24.3 Å². The highest BCUT2D eigenvalue weighted by molar-refractivity contribution is 9.09. The third-order valence-corrected chi connectivity index (χ3v) is 5.10. The molecule has 3 heteroatoms. The molecular weight excluding hydrogens is 328 g/mol. The molecule has 0 saturated carbocycles. The van der Waals surface area contributed by atoms with Gasteiger partial charge < -0.3 is 9.47 Å². The molecule has 21 heavy (non-hydrogen) atoms. The van der Waals surface area contributed by atoms with Crippen LogP contribution in [-0.4, -0.2) is 12.7 Å². The minimum atomic E-state index is 0.341. The lowest BCUT2D eigenvalue weighted by Gasteiger charge is -2.16. The maximum absolute atomic E-state index is 5.82. The van der Waals surface area contributed by atoms with Crippen LogP contribution in [0, 0.1) is 5.92 Å². The monoisotopic (exact) mass is 346 g/mol. The van der Waals surface area contributed by atoms with Crippen LogP contribution in [0.5, 0.6) is 11.5 Å². The first-order chi connectivity index (χ1) is 10.2. The fraction of sp³-hybridized carbons (Fsp3) is 0.333. The average molecular weight is 347 g/mol. The molecule has 3 atom stereocenters. The Morgan fingerprint density at radius 1 is 1.05 bits per heavy atom. The van der Waals surface area contributed by atoms with Crippen LogP contribution < -0.4 is 4.74 Å². The van der Waals surface area contributed by atoms with Crippen molar-refractivity contribution in [3.8, 4) is 11.5 Å². The maximum atomic E-state index is 5.82. The summed E-state index contributed by atoms with van der Waals surface area (Å²) >= 11 is 3.81. The highest BCUT2D eigenvalue weighted by Gasteiger charge is 2.28. The molecule has 110 valence electrons. The zero-order chi connectivity index (χ0) is 14.7. The SMILES string of the molecule is CC1CC(C(Br)c2ccc(Oc3ccccc3)cc2)CO1.